The van der Waals surface area contributed by atoms with Crippen molar-refractivity contribution in [2.45, 2.75) is 13.0 Å². The molecule has 1 N–H and O–H groups in total. The number of rotatable bonds is 6. The standard InChI is InChI=1S/C16H13FN4O3/c17-14-4-2-1-3-12(14)9-15-19-20-16(24-15)18-10-11-5-7-13(8-6-11)21(22)23/h1-8H,9-10H2,(H,18,20). The average Bonchev–Trinajstić information content (AvgIpc) is 3.03. The van der Waals surface area contributed by atoms with E-state index in [9.17, 15) is 14.5 Å². The van der Waals surface area contributed by atoms with Gasteiger partial charge in [0.05, 0.1) is 11.3 Å². The summed E-state index contributed by atoms with van der Waals surface area (Å²) in [7, 11) is 0. The smallest absolute Gasteiger partial charge is 0.315 e. The lowest BCUT2D eigenvalue weighted by atomic mass is 10.1. The van der Waals surface area contributed by atoms with Gasteiger partial charge in [0, 0.05) is 18.7 Å². The second kappa shape index (κ2) is 6.86. The summed E-state index contributed by atoms with van der Waals surface area (Å²) in [5.41, 5.74) is 1.33. The quantitative estimate of drug-likeness (QED) is 0.551. The fourth-order valence-electron chi connectivity index (χ4n) is 2.11. The molecule has 0 aliphatic heterocycles. The SMILES string of the molecule is O=[N+]([O-])c1ccc(CNc2nnc(Cc3ccccc3F)o2)cc1. The molecular formula is C16H13FN4O3. The first-order valence-electron chi connectivity index (χ1n) is 7.15. The molecule has 0 saturated carbocycles. The highest BCUT2D eigenvalue weighted by atomic mass is 19.1. The Labute approximate surface area is 136 Å². The van der Waals surface area contributed by atoms with Crippen molar-refractivity contribution < 1.29 is 13.7 Å². The van der Waals surface area contributed by atoms with Crippen LogP contribution in [0.5, 0.6) is 0 Å². The number of hydrogen-bond donors (Lipinski definition) is 1. The minimum absolute atomic E-state index is 0.0312. The van der Waals surface area contributed by atoms with Gasteiger partial charge in [0.25, 0.3) is 5.69 Å². The first-order chi connectivity index (χ1) is 11.6. The summed E-state index contributed by atoms with van der Waals surface area (Å²) in [4.78, 5) is 10.1. The van der Waals surface area contributed by atoms with Gasteiger partial charge in [-0.3, -0.25) is 10.1 Å². The highest BCUT2D eigenvalue weighted by Crippen LogP contribution is 2.16. The number of benzene rings is 2. The molecule has 0 saturated heterocycles. The number of nitro benzene ring substituents is 1. The molecule has 2 aromatic carbocycles. The molecule has 8 heteroatoms. The van der Waals surface area contributed by atoms with Crippen LogP contribution in [0.2, 0.25) is 0 Å². The van der Waals surface area contributed by atoms with Crippen molar-refractivity contribution in [1.29, 1.82) is 0 Å². The van der Waals surface area contributed by atoms with Crippen LogP contribution in [0.15, 0.2) is 52.9 Å². The maximum Gasteiger partial charge on any atom is 0.315 e. The van der Waals surface area contributed by atoms with E-state index in [4.69, 9.17) is 4.42 Å². The Balaban J connectivity index is 1.60. The van der Waals surface area contributed by atoms with E-state index in [1.54, 1.807) is 30.3 Å². The number of nitro groups is 1. The maximum atomic E-state index is 13.6. The van der Waals surface area contributed by atoms with Gasteiger partial charge in [0.15, 0.2) is 0 Å². The fraction of sp³-hybridized carbons (Fsp3) is 0.125. The van der Waals surface area contributed by atoms with Gasteiger partial charge in [0.2, 0.25) is 5.89 Å². The Kier molecular flexibility index (Phi) is 4.46. The molecule has 0 amide bonds. The lowest BCUT2D eigenvalue weighted by Gasteiger charge is -2.01. The molecule has 3 rings (SSSR count). The number of nitrogens with one attached hydrogen (secondary N) is 1. The predicted molar refractivity (Wildman–Crippen MR) is 83.9 cm³/mol. The molecule has 0 fully saturated rings. The van der Waals surface area contributed by atoms with E-state index >= 15 is 0 Å². The Hall–Kier alpha value is -3.29. The third-order valence-corrected chi connectivity index (χ3v) is 3.36. The molecule has 24 heavy (non-hydrogen) atoms. The summed E-state index contributed by atoms with van der Waals surface area (Å²) in [6, 6.07) is 12.7. The zero-order chi connectivity index (χ0) is 16.9. The number of nitrogens with zero attached hydrogens (tertiary/aromatic N) is 3. The highest BCUT2D eigenvalue weighted by Gasteiger charge is 2.10. The van der Waals surface area contributed by atoms with Gasteiger partial charge < -0.3 is 9.73 Å². The lowest BCUT2D eigenvalue weighted by molar-refractivity contribution is -0.384. The third-order valence-electron chi connectivity index (χ3n) is 3.36. The Morgan fingerprint density at radius 2 is 1.88 bits per heavy atom. The molecule has 0 unspecified atom stereocenters. The number of aromatic nitrogens is 2. The highest BCUT2D eigenvalue weighted by molar-refractivity contribution is 5.34. The number of halogens is 1. The molecule has 3 aromatic rings. The van der Waals surface area contributed by atoms with Gasteiger partial charge >= 0.3 is 6.01 Å². The normalized spacial score (nSPS) is 10.5. The summed E-state index contributed by atoms with van der Waals surface area (Å²) in [6.45, 7) is 0.374. The molecule has 0 atom stereocenters. The first-order valence-corrected chi connectivity index (χ1v) is 7.15. The van der Waals surface area contributed by atoms with Crippen LogP contribution in [-0.2, 0) is 13.0 Å². The van der Waals surface area contributed by atoms with Crippen LogP contribution in [0.4, 0.5) is 16.1 Å². The molecule has 1 heterocycles. The van der Waals surface area contributed by atoms with Crippen LogP contribution < -0.4 is 5.32 Å². The van der Waals surface area contributed by atoms with Crippen LogP contribution in [-0.4, -0.2) is 15.1 Å². The topological polar surface area (TPSA) is 94.1 Å². The van der Waals surface area contributed by atoms with Crippen LogP contribution in [0.25, 0.3) is 0 Å². The predicted octanol–water partition coefficient (Wildman–Crippen LogP) is 3.32. The molecule has 1 aromatic heterocycles. The molecule has 0 spiro atoms. The van der Waals surface area contributed by atoms with E-state index in [0.29, 0.717) is 18.0 Å². The minimum Gasteiger partial charge on any atom is -0.408 e. The van der Waals surface area contributed by atoms with Crippen molar-refractivity contribution in [2.75, 3.05) is 5.32 Å². The fourth-order valence-corrected chi connectivity index (χ4v) is 2.11. The third kappa shape index (κ3) is 3.72. The van der Waals surface area contributed by atoms with Gasteiger partial charge in [-0.1, -0.05) is 35.4 Å². The summed E-state index contributed by atoms with van der Waals surface area (Å²) in [6.07, 6.45) is 0.207. The Bertz CT molecular complexity index is 849. The van der Waals surface area contributed by atoms with Crippen molar-refractivity contribution in [3.63, 3.8) is 0 Å². The van der Waals surface area contributed by atoms with E-state index in [0.717, 1.165) is 5.56 Å². The lowest BCUT2D eigenvalue weighted by Crippen LogP contribution is -1.99. The molecule has 0 bridgehead atoms. The van der Waals surface area contributed by atoms with Gasteiger partial charge in [-0.25, -0.2) is 4.39 Å². The van der Waals surface area contributed by atoms with Gasteiger partial charge in [-0.05, 0) is 17.2 Å². The van der Waals surface area contributed by atoms with Crippen LogP contribution >= 0.6 is 0 Å². The van der Waals surface area contributed by atoms with Crippen LogP contribution in [0.1, 0.15) is 17.0 Å². The molecule has 0 aliphatic carbocycles. The van der Waals surface area contributed by atoms with Gasteiger partial charge in [-0.15, -0.1) is 5.10 Å². The largest absolute Gasteiger partial charge is 0.408 e. The van der Waals surface area contributed by atoms with E-state index in [1.165, 1.54) is 18.2 Å². The van der Waals surface area contributed by atoms with Crippen LogP contribution in [0.3, 0.4) is 0 Å². The molecular weight excluding hydrogens is 315 g/mol. The van der Waals surface area contributed by atoms with Crippen LogP contribution in [0, 0.1) is 15.9 Å². The average molecular weight is 328 g/mol. The Morgan fingerprint density at radius 3 is 2.58 bits per heavy atom. The summed E-state index contributed by atoms with van der Waals surface area (Å²) in [5, 5.41) is 21.2. The molecule has 122 valence electrons. The maximum absolute atomic E-state index is 13.6. The monoisotopic (exact) mass is 328 g/mol. The number of hydrogen-bond acceptors (Lipinski definition) is 6. The van der Waals surface area contributed by atoms with Gasteiger partial charge in [-0.2, -0.15) is 0 Å². The van der Waals surface area contributed by atoms with E-state index in [2.05, 4.69) is 15.5 Å². The van der Waals surface area contributed by atoms with E-state index < -0.39 is 4.92 Å². The molecule has 0 aliphatic rings. The minimum atomic E-state index is -0.454. The van der Waals surface area contributed by atoms with Crippen molar-refractivity contribution in [1.82, 2.24) is 10.2 Å². The van der Waals surface area contributed by atoms with Gasteiger partial charge in [0.1, 0.15) is 5.82 Å². The second-order valence-electron chi connectivity index (χ2n) is 5.05. The number of non-ortho nitro benzene ring substituents is 1. The molecule has 0 radical (unpaired) electrons. The Morgan fingerprint density at radius 1 is 1.12 bits per heavy atom. The van der Waals surface area contributed by atoms with Crippen molar-refractivity contribution in [2.24, 2.45) is 0 Å². The number of anilines is 1. The van der Waals surface area contributed by atoms with E-state index in [1.807, 2.05) is 0 Å². The summed E-state index contributed by atoms with van der Waals surface area (Å²) >= 11 is 0. The van der Waals surface area contributed by atoms with Crippen molar-refractivity contribution >= 4 is 11.7 Å². The summed E-state index contributed by atoms with van der Waals surface area (Å²) < 4.78 is 19.0. The van der Waals surface area contributed by atoms with Crippen molar-refractivity contribution in [3.05, 3.63) is 81.5 Å². The zero-order valence-electron chi connectivity index (χ0n) is 12.5. The summed E-state index contributed by atoms with van der Waals surface area (Å²) in [5.74, 6) is -0.0256. The van der Waals surface area contributed by atoms with Crippen molar-refractivity contribution in [3.8, 4) is 0 Å². The van der Waals surface area contributed by atoms with E-state index in [-0.39, 0.29) is 23.9 Å². The second-order valence-corrected chi connectivity index (χ2v) is 5.05. The first kappa shape index (κ1) is 15.6. The molecule has 7 nitrogen and oxygen atoms in total. The zero-order valence-corrected chi connectivity index (χ0v) is 12.5.